The van der Waals surface area contributed by atoms with E-state index in [-0.39, 0.29) is 29.9 Å². The zero-order chi connectivity index (χ0) is 18.1. The SMILES string of the molecule is CN=C(NCCN(C)C1CCCC1)NC1CCN(CC(=O)NC)CC1.I. The number of hydrogen-bond donors (Lipinski definition) is 3. The van der Waals surface area contributed by atoms with Crippen LogP contribution in [0, 0.1) is 0 Å². The van der Waals surface area contributed by atoms with Crippen molar-refractivity contribution in [1.29, 1.82) is 0 Å². The van der Waals surface area contributed by atoms with E-state index in [0.717, 1.165) is 51.0 Å². The molecule has 2 fully saturated rings. The molecule has 1 aliphatic carbocycles. The van der Waals surface area contributed by atoms with Gasteiger partial charge in [-0.15, -0.1) is 24.0 Å². The first-order valence-corrected chi connectivity index (χ1v) is 9.72. The molecule has 1 saturated heterocycles. The molecule has 1 saturated carbocycles. The number of carbonyl (C=O) groups is 1. The van der Waals surface area contributed by atoms with Crippen LogP contribution in [0.4, 0.5) is 0 Å². The van der Waals surface area contributed by atoms with Crippen LogP contribution in [0.25, 0.3) is 0 Å². The van der Waals surface area contributed by atoms with E-state index in [0.29, 0.717) is 12.6 Å². The van der Waals surface area contributed by atoms with E-state index in [4.69, 9.17) is 0 Å². The molecule has 0 atom stereocenters. The topological polar surface area (TPSA) is 72.0 Å². The fourth-order valence-corrected chi connectivity index (χ4v) is 3.78. The molecule has 7 nitrogen and oxygen atoms in total. The number of piperidine rings is 1. The first kappa shape index (κ1) is 23.4. The molecule has 0 radical (unpaired) electrons. The summed E-state index contributed by atoms with van der Waals surface area (Å²) in [4.78, 5) is 20.5. The number of nitrogens with zero attached hydrogens (tertiary/aromatic N) is 3. The average Bonchev–Trinajstić information content (AvgIpc) is 3.17. The number of likely N-dealkylation sites (N-methyl/N-ethyl adjacent to an activating group) is 2. The summed E-state index contributed by atoms with van der Waals surface area (Å²) in [5.74, 6) is 0.986. The summed E-state index contributed by atoms with van der Waals surface area (Å²) < 4.78 is 0. The summed E-state index contributed by atoms with van der Waals surface area (Å²) in [6.07, 6.45) is 7.53. The van der Waals surface area contributed by atoms with Crippen LogP contribution in [-0.4, -0.2) is 87.6 Å². The number of carbonyl (C=O) groups excluding carboxylic acids is 1. The number of guanidine groups is 1. The predicted octanol–water partition coefficient (Wildman–Crippen LogP) is 0.854. The minimum Gasteiger partial charge on any atom is -0.358 e. The van der Waals surface area contributed by atoms with E-state index in [9.17, 15) is 4.79 Å². The van der Waals surface area contributed by atoms with Crippen LogP contribution in [0.2, 0.25) is 0 Å². The Kier molecular flexibility index (Phi) is 11.5. The number of halogens is 1. The lowest BCUT2D eigenvalue weighted by molar-refractivity contribution is -0.122. The Morgan fingerprint density at radius 1 is 1.19 bits per heavy atom. The second-order valence-electron chi connectivity index (χ2n) is 7.29. The first-order valence-electron chi connectivity index (χ1n) is 9.72. The van der Waals surface area contributed by atoms with Gasteiger partial charge in [0.1, 0.15) is 0 Å². The molecule has 0 aromatic carbocycles. The minimum absolute atomic E-state index is 0. The fourth-order valence-electron chi connectivity index (χ4n) is 3.78. The number of likely N-dealkylation sites (tertiary alicyclic amines) is 1. The van der Waals surface area contributed by atoms with Crippen LogP contribution in [0.5, 0.6) is 0 Å². The van der Waals surface area contributed by atoms with Gasteiger partial charge in [0.05, 0.1) is 6.54 Å². The van der Waals surface area contributed by atoms with Crippen LogP contribution < -0.4 is 16.0 Å². The number of hydrogen-bond acceptors (Lipinski definition) is 4. The zero-order valence-corrected chi connectivity index (χ0v) is 18.9. The molecule has 0 unspecified atom stereocenters. The maximum absolute atomic E-state index is 11.5. The molecule has 0 spiro atoms. The highest BCUT2D eigenvalue weighted by Crippen LogP contribution is 2.21. The Hall–Kier alpha value is -0.610. The maximum Gasteiger partial charge on any atom is 0.233 e. The van der Waals surface area contributed by atoms with Gasteiger partial charge in [-0.3, -0.25) is 14.7 Å². The summed E-state index contributed by atoms with van der Waals surface area (Å²) in [7, 11) is 5.75. The lowest BCUT2D eigenvalue weighted by Gasteiger charge is -2.32. The molecule has 2 rings (SSSR count). The van der Waals surface area contributed by atoms with E-state index in [2.05, 4.69) is 37.8 Å². The second-order valence-corrected chi connectivity index (χ2v) is 7.29. The number of amides is 1. The number of nitrogens with one attached hydrogen (secondary N) is 3. The van der Waals surface area contributed by atoms with Crippen LogP contribution in [0.1, 0.15) is 38.5 Å². The Morgan fingerprint density at radius 3 is 2.42 bits per heavy atom. The van der Waals surface area contributed by atoms with Gasteiger partial charge < -0.3 is 20.9 Å². The van der Waals surface area contributed by atoms with E-state index in [1.165, 1.54) is 25.7 Å². The fraction of sp³-hybridized carbons (Fsp3) is 0.889. The van der Waals surface area contributed by atoms with Gasteiger partial charge in [0, 0.05) is 52.4 Å². The summed E-state index contributed by atoms with van der Waals surface area (Å²) in [5.41, 5.74) is 0. The third-order valence-electron chi connectivity index (χ3n) is 5.50. The van der Waals surface area contributed by atoms with E-state index < -0.39 is 0 Å². The van der Waals surface area contributed by atoms with E-state index in [1.807, 2.05) is 7.05 Å². The molecule has 2 aliphatic rings. The van der Waals surface area contributed by atoms with Crippen molar-refractivity contribution in [3.8, 4) is 0 Å². The van der Waals surface area contributed by atoms with Crippen molar-refractivity contribution in [3.63, 3.8) is 0 Å². The highest BCUT2D eigenvalue weighted by atomic mass is 127. The Labute approximate surface area is 175 Å². The lowest BCUT2D eigenvalue weighted by Crippen LogP contribution is -2.50. The van der Waals surface area contributed by atoms with Crippen molar-refractivity contribution < 1.29 is 4.79 Å². The standard InChI is InChI=1S/C18H36N6O.HI/c1-19-17(25)14-24-11-8-15(9-12-24)22-18(20-2)21-10-13-23(3)16-6-4-5-7-16;/h15-16H,4-14H2,1-3H3,(H,19,25)(H2,20,21,22);1H. The highest BCUT2D eigenvalue weighted by molar-refractivity contribution is 14.0. The third-order valence-corrected chi connectivity index (χ3v) is 5.50. The Balaban J connectivity index is 0.00000338. The number of rotatable bonds is 7. The Morgan fingerprint density at radius 2 is 1.85 bits per heavy atom. The zero-order valence-electron chi connectivity index (χ0n) is 16.6. The van der Waals surface area contributed by atoms with Crippen molar-refractivity contribution in [1.82, 2.24) is 25.8 Å². The molecular formula is C18H37IN6O. The van der Waals surface area contributed by atoms with Gasteiger partial charge >= 0.3 is 0 Å². The van der Waals surface area contributed by atoms with Crippen molar-refractivity contribution in [2.75, 3.05) is 53.9 Å². The molecule has 1 amide bonds. The first-order chi connectivity index (χ1) is 12.1. The van der Waals surface area contributed by atoms with Gasteiger partial charge in [-0.05, 0) is 32.7 Å². The molecule has 26 heavy (non-hydrogen) atoms. The summed E-state index contributed by atoms with van der Waals surface area (Å²) in [6, 6.07) is 1.20. The molecule has 1 aliphatic heterocycles. The molecule has 1 heterocycles. The number of aliphatic imine (C=N–C) groups is 1. The van der Waals surface area contributed by atoms with Gasteiger partial charge in [-0.1, -0.05) is 12.8 Å². The molecule has 152 valence electrons. The van der Waals surface area contributed by atoms with Crippen molar-refractivity contribution in [3.05, 3.63) is 0 Å². The summed E-state index contributed by atoms with van der Waals surface area (Å²) >= 11 is 0. The lowest BCUT2D eigenvalue weighted by atomic mass is 10.1. The highest BCUT2D eigenvalue weighted by Gasteiger charge is 2.22. The van der Waals surface area contributed by atoms with Gasteiger partial charge in [-0.25, -0.2) is 0 Å². The molecule has 3 N–H and O–H groups in total. The van der Waals surface area contributed by atoms with Crippen molar-refractivity contribution in [2.45, 2.75) is 50.6 Å². The normalized spacial score (nSPS) is 20.1. The van der Waals surface area contributed by atoms with Gasteiger partial charge in [0.25, 0.3) is 0 Å². The molecular weight excluding hydrogens is 443 g/mol. The summed E-state index contributed by atoms with van der Waals surface area (Å²) in [6.45, 7) is 4.38. The van der Waals surface area contributed by atoms with E-state index in [1.54, 1.807) is 7.05 Å². The van der Waals surface area contributed by atoms with Gasteiger partial charge in [0.15, 0.2) is 5.96 Å². The monoisotopic (exact) mass is 480 g/mol. The van der Waals surface area contributed by atoms with Gasteiger partial charge in [0.2, 0.25) is 5.91 Å². The largest absolute Gasteiger partial charge is 0.358 e. The molecule has 0 aromatic heterocycles. The van der Waals surface area contributed by atoms with E-state index >= 15 is 0 Å². The summed E-state index contributed by atoms with van der Waals surface area (Å²) in [5, 5.41) is 9.66. The average molecular weight is 480 g/mol. The minimum atomic E-state index is 0. The van der Waals surface area contributed by atoms with Gasteiger partial charge in [-0.2, -0.15) is 0 Å². The van der Waals surface area contributed by atoms with Crippen molar-refractivity contribution in [2.24, 2.45) is 4.99 Å². The predicted molar refractivity (Wildman–Crippen MR) is 118 cm³/mol. The smallest absolute Gasteiger partial charge is 0.233 e. The quantitative estimate of drug-likeness (QED) is 0.287. The molecule has 0 aromatic rings. The maximum atomic E-state index is 11.5. The van der Waals surface area contributed by atoms with Crippen LogP contribution >= 0.6 is 24.0 Å². The molecule has 8 heteroatoms. The van der Waals surface area contributed by atoms with Crippen LogP contribution in [-0.2, 0) is 4.79 Å². The van der Waals surface area contributed by atoms with Crippen molar-refractivity contribution >= 4 is 35.8 Å². The Bertz CT molecular complexity index is 433. The van der Waals surface area contributed by atoms with Crippen LogP contribution in [0.3, 0.4) is 0 Å². The third kappa shape index (κ3) is 7.96. The molecule has 0 bridgehead atoms. The van der Waals surface area contributed by atoms with Crippen LogP contribution in [0.15, 0.2) is 4.99 Å². The second kappa shape index (κ2) is 12.7.